The summed E-state index contributed by atoms with van der Waals surface area (Å²) in [6.07, 6.45) is 2.79. The molecule has 4 rings (SSSR count). The van der Waals surface area contributed by atoms with E-state index in [1.807, 2.05) is 35.0 Å². The van der Waals surface area contributed by atoms with Gasteiger partial charge in [-0.1, -0.05) is 42.5 Å². The largest absolute Gasteiger partial charge is 0.489 e. The molecule has 2 aromatic carbocycles. The number of aliphatic imine (C=N–C) groups is 1. The van der Waals surface area contributed by atoms with Crippen LogP contribution in [-0.2, 0) is 37.3 Å². The molecule has 182 valence electrons. The molecule has 3 aromatic rings. The predicted molar refractivity (Wildman–Crippen MR) is 144 cm³/mol. The van der Waals surface area contributed by atoms with Gasteiger partial charge in [0.05, 0.1) is 6.54 Å². The Kier molecular flexibility index (Phi) is 10.1. The van der Waals surface area contributed by atoms with Crippen LogP contribution >= 0.6 is 24.0 Å². The van der Waals surface area contributed by atoms with Gasteiger partial charge in [-0.05, 0) is 36.1 Å². The first-order chi connectivity index (χ1) is 16.2. The number of nitrogens with zero attached hydrogens (tertiary/aromatic N) is 4. The highest BCUT2D eigenvalue weighted by Gasteiger charge is 2.22. The zero-order valence-electron chi connectivity index (χ0n) is 19.7. The minimum atomic E-state index is 0. The second-order valence-corrected chi connectivity index (χ2v) is 8.11. The van der Waals surface area contributed by atoms with E-state index in [1.54, 1.807) is 14.2 Å². The molecule has 0 bridgehead atoms. The van der Waals surface area contributed by atoms with E-state index in [9.17, 15) is 0 Å². The molecule has 0 saturated carbocycles. The van der Waals surface area contributed by atoms with Gasteiger partial charge in [-0.2, -0.15) is 5.10 Å². The Labute approximate surface area is 218 Å². The van der Waals surface area contributed by atoms with Gasteiger partial charge in [-0.3, -0.25) is 4.99 Å². The molecule has 0 radical (unpaired) electrons. The fourth-order valence-electron chi connectivity index (χ4n) is 3.88. The number of aromatic nitrogens is 3. The minimum absolute atomic E-state index is 0. The van der Waals surface area contributed by atoms with Crippen molar-refractivity contribution in [2.24, 2.45) is 4.99 Å². The fourth-order valence-corrected chi connectivity index (χ4v) is 3.88. The van der Waals surface area contributed by atoms with Crippen molar-refractivity contribution >= 4 is 29.9 Å². The molecule has 1 aromatic heterocycles. The number of hydrogen-bond acceptors (Lipinski definition) is 5. The van der Waals surface area contributed by atoms with Gasteiger partial charge in [-0.25, -0.2) is 9.67 Å². The van der Waals surface area contributed by atoms with Crippen LogP contribution in [0.2, 0.25) is 0 Å². The molecule has 0 fully saturated rings. The number of ether oxygens (including phenoxy) is 2. The van der Waals surface area contributed by atoms with E-state index in [2.05, 4.69) is 50.0 Å². The van der Waals surface area contributed by atoms with Gasteiger partial charge >= 0.3 is 0 Å². The summed E-state index contributed by atoms with van der Waals surface area (Å²) >= 11 is 0. The SMILES string of the molecule is CN=C(NCCc1ccc(OCc2ccccc2)cc1)NC1CCc2nc(COC)nn2C1.I. The van der Waals surface area contributed by atoms with Crippen molar-refractivity contribution in [3.8, 4) is 5.75 Å². The van der Waals surface area contributed by atoms with Gasteiger partial charge in [0.2, 0.25) is 0 Å². The molecule has 9 heteroatoms. The number of rotatable bonds is 9. The van der Waals surface area contributed by atoms with E-state index in [0.717, 1.165) is 61.3 Å². The Balaban J connectivity index is 0.00000324. The van der Waals surface area contributed by atoms with Gasteiger partial charge in [-0.15, -0.1) is 24.0 Å². The highest BCUT2D eigenvalue weighted by atomic mass is 127. The molecule has 0 spiro atoms. The fraction of sp³-hybridized carbons (Fsp3) is 0.400. The lowest BCUT2D eigenvalue weighted by molar-refractivity contribution is 0.177. The Hall–Kier alpha value is -2.66. The van der Waals surface area contributed by atoms with Gasteiger partial charge in [0.15, 0.2) is 11.8 Å². The summed E-state index contributed by atoms with van der Waals surface area (Å²) in [5.41, 5.74) is 2.42. The van der Waals surface area contributed by atoms with Crippen LogP contribution in [0, 0.1) is 0 Å². The van der Waals surface area contributed by atoms with E-state index in [0.29, 0.717) is 13.2 Å². The first-order valence-electron chi connectivity index (χ1n) is 11.4. The summed E-state index contributed by atoms with van der Waals surface area (Å²) in [6, 6.07) is 18.7. The van der Waals surface area contributed by atoms with Crippen molar-refractivity contribution in [3.63, 3.8) is 0 Å². The quantitative estimate of drug-likeness (QED) is 0.231. The van der Waals surface area contributed by atoms with Crippen LogP contribution in [0.15, 0.2) is 59.6 Å². The van der Waals surface area contributed by atoms with Crippen molar-refractivity contribution < 1.29 is 9.47 Å². The van der Waals surface area contributed by atoms with Crippen LogP contribution in [0.4, 0.5) is 0 Å². The molecule has 0 amide bonds. The Morgan fingerprint density at radius 1 is 1.09 bits per heavy atom. The smallest absolute Gasteiger partial charge is 0.191 e. The van der Waals surface area contributed by atoms with Crippen LogP contribution in [0.25, 0.3) is 0 Å². The third-order valence-electron chi connectivity index (χ3n) is 5.62. The van der Waals surface area contributed by atoms with Crippen molar-refractivity contribution in [1.82, 2.24) is 25.4 Å². The Bertz CT molecular complexity index is 1040. The Morgan fingerprint density at radius 2 is 1.88 bits per heavy atom. The number of aryl methyl sites for hydroxylation is 1. The zero-order chi connectivity index (χ0) is 22.9. The van der Waals surface area contributed by atoms with Crippen LogP contribution in [-0.4, -0.2) is 47.5 Å². The normalized spacial score (nSPS) is 15.2. The lowest BCUT2D eigenvalue weighted by atomic mass is 10.1. The standard InChI is InChI=1S/C25H32N6O2.HI/c1-26-25(28-21-10-13-24-29-23(18-32-2)30-31(24)16-21)27-15-14-19-8-11-22(12-9-19)33-17-20-6-4-3-5-7-20;/h3-9,11-12,21H,10,13-18H2,1-2H3,(H2,26,27,28);1H. The summed E-state index contributed by atoms with van der Waals surface area (Å²) in [7, 11) is 3.46. The third-order valence-corrected chi connectivity index (χ3v) is 5.62. The first-order valence-corrected chi connectivity index (χ1v) is 11.4. The van der Waals surface area contributed by atoms with E-state index in [-0.39, 0.29) is 30.0 Å². The molecule has 2 N–H and O–H groups in total. The molecule has 0 aliphatic carbocycles. The number of benzene rings is 2. The molecule has 1 unspecified atom stereocenters. The van der Waals surface area contributed by atoms with E-state index in [1.165, 1.54) is 5.56 Å². The average molecular weight is 576 g/mol. The molecular weight excluding hydrogens is 543 g/mol. The van der Waals surface area contributed by atoms with E-state index in [4.69, 9.17) is 9.47 Å². The molecule has 0 saturated heterocycles. The van der Waals surface area contributed by atoms with Crippen molar-refractivity contribution in [2.75, 3.05) is 20.7 Å². The maximum atomic E-state index is 5.87. The van der Waals surface area contributed by atoms with Crippen LogP contribution in [0.3, 0.4) is 0 Å². The summed E-state index contributed by atoms with van der Waals surface area (Å²) in [5, 5.41) is 11.5. The van der Waals surface area contributed by atoms with Crippen molar-refractivity contribution in [3.05, 3.63) is 77.4 Å². The number of halogens is 1. The number of methoxy groups -OCH3 is 1. The maximum Gasteiger partial charge on any atom is 0.191 e. The highest BCUT2D eigenvalue weighted by molar-refractivity contribution is 14.0. The molecular formula is C25H33IN6O2. The molecule has 1 aliphatic heterocycles. The second kappa shape index (κ2) is 13.3. The molecule has 1 aliphatic rings. The van der Waals surface area contributed by atoms with Crippen molar-refractivity contribution in [2.45, 2.75) is 45.1 Å². The molecule has 34 heavy (non-hydrogen) atoms. The van der Waals surface area contributed by atoms with E-state index >= 15 is 0 Å². The van der Waals surface area contributed by atoms with Gasteiger partial charge in [0.25, 0.3) is 0 Å². The molecule has 2 heterocycles. The van der Waals surface area contributed by atoms with Gasteiger partial charge in [0, 0.05) is 33.2 Å². The first kappa shape index (κ1) is 26.0. The van der Waals surface area contributed by atoms with Crippen LogP contribution < -0.4 is 15.4 Å². The maximum absolute atomic E-state index is 5.87. The molecule has 1 atom stereocenters. The monoisotopic (exact) mass is 576 g/mol. The highest BCUT2D eigenvalue weighted by Crippen LogP contribution is 2.15. The minimum Gasteiger partial charge on any atom is -0.489 e. The second-order valence-electron chi connectivity index (χ2n) is 8.11. The van der Waals surface area contributed by atoms with Crippen molar-refractivity contribution in [1.29, 1.82) is 0 Å². The molecule has 8 nitrogen and oxygen atoms in total. The summed E-state index contributed by atoms with van der Waals surface area (Å²) in [4.78, 5) is 8.92. The van der Waals surface area contributed by atoms with E-state index < -0.39 is 0 Å². The van der Waals surface area contributed by atoms with Crippen LogP contribution in [0.1, 0.15) is 29.2 Å². The number of hydrogen-bond donors (Lipinski definition) is 2. The number of guanidine groups is 1. The summed E-state index contributed by atoms with van der Waals surface area (Å²) in [6.45, 7) is 2.59. The van der Waals surface area contributed by atoms with Crippen LogP contribution in [0.5, 0.6) is 5.75 Å². The lowest BCUT2D eigenvalue weighted by Gasteiger charge is -2.25. The van der Waals surface area contributed by atoms with Gasteiger partial charge in [0.1, 0.15) is 24.8 Å². The summed E-state index contributed by atoms with van der Waals surface area (Å²) < 4.78 is 13.0. The number of nitrogens with one attached hydrogen (secondary N) is 2. The third kappa shape index (κ3) is 7.42. The topological polar surface area (TPSA) is 85.6 Å². The average Bonchev–Trinajstić information content (AvgIpc) is 3.25. The Morgan fingerprint density at radius 3 is 2.62 bits per heavy atom. The van der Waals surface area contributed by atoms with Gasteiger partial charge < -0.3 is 20.1 Å². The number of fused-ring (bicyclic) bond motifs is 1. The zero-order valence-corrected chi connectivity index (χ0v) is 22.1. The lowest BCUT2D eigenvalue weighted by Crippen LogP contribution is -2.47. The summed E-state index contributed by atoms with van der Waals surface area (Å²) in [5.74, 6) is 3.46. The predicted octanol–water partition coefficient (Wildman–Crippen LogP) is 3.34.